The van der Waals surface area contributed by atoms with Gasteiger partial charge in [0.1, 0.15) is 5.75 Å². The van der Waals surface area contributed by atoms with Crippen LogP contribution in [0.2, 0.25) is 0 Å². The van der Waals surface area contributed by atoms with Gasteiger partial charge in [-0.25, -0.2) is 0 Å². The Bertz CT molecular complexity index is 636. The van der Waals surface area contributed by atoms with E-state index in [2.05, 4.69) is 15.5 Å². The monoisotopic (exact) mass is 289 g/mol. The second-order valence-corrected chi connectivity index (χ2v) is 5.72. The van der Waals surface area contributed by atoms with Crippen molar-refractivity contribution in [1.82, 2.24) is 10.2 Å². The van der Waals surface area contributed by atoms with Crippen LogP contribution < -0.4 is 10.1 Å². The first-order chi connectivity index (χ1) is 9.69. The Morgan fingerprint density at radius 3 is 2.80 bits per heavy atom. The Kier molecular flexibility index (Phi) is 3.40. The standard InChI is InChI=1S/C14H15N3O2S/c1-8-12-13(9-3-5-10(19-2)6-4-9)20-7-11(18)15-14(12)17-16-8/h3-6,13H,7H2,1-2H3,(H2,15,16,17,18). The number of hydrogen-bond donors (Lipinski definition) is 2. The van der Waals surface area contributed by atoms with E-state index in [1.54, 1.807) is 18.9 Å². The highest BCUT2D eigenvalue weighted by molar-refractivity contribution is 8.00. The quantitative estimate of drug-likeness (QED) is 0.891. The zero-order valence-corrected chi connectivity index (χ0v) is 12.1. The molecule has 2 N–H and O–H groups in total. The van der Waals surface area contributed by atoms with E-state index in [1.807, 2.05) is 31.2 Å². The van der Waals surface area contributed by atoms with E-state index >= 15 is 0 Å². The first-order valence-corrected chi connectivity index (χ1v) is 7.34. The third-order valence-corrected chi connectivity index (χ3v) is 4.58. The molecule has 1 aliphatic heterocycles. The van der Waals surface area contributed by atoms with Crippen LogP contribution in [0.4, 0.5) is 5.82 Å². The highest BCUT2D eigenvalue weighted by Gasteiger charge is 2.27. The van der Waals surface area contributed by atoms with E-state index in [0.29, 0.717) is 11.6 Å². The lowest BCUT2D eigenvalue weighted by Crippen LogP contribution is -2.12. The minimum absolute atomic E-state index is 0.0150. The summed E-state index contributed by atoms with van der Waals surface area (Å²) in [5.41, 5.74) is 3.17. The van der Waals surface area contributed by atoms with Gasteiger partial charge in [0.25, 0.3) is 0 Å². The number of carbonyl (C=O) groups is 1. The number of hydrogen-bond acceptors (Lipinski definition) is 4. The number of ether oxygens (including phenoxy) is 1. The van der Waals surface area contributed by atoms with Crippen molar-refractivity contribution in [3.63, 3.8) is 0 Å². The lowest BCUT2D eigenvalue weighted by atomic mass is 10.0. The molecule has 0 aliphatic carbocycles. The van der Waals surface area contributed by atoms with E-state index in [9.17, 15) is 4.79 Å². The normalized spacial score (nSPS) is 18.1. The number of aromatic nitrogens is 2. The first kappa shape index (κ1) is 13.1. The van der Waals surface area contributed by atoms with Gasteiger partial charge in [0.2, 0.25) is 5.91 Å². The van der Waals surface area contributed by atoms with Gasteiger partial charge in [-0.2, -0.15) is 5.10 Å². The number of aryl methyl sites for hydroxylation is 1. The van der Waals surface area contributed by atoms with Crippen LogP contribution >= 0.6 is 11.8 Å². The molecule has 0 saturated carbocycles. The molecular formula is C14H15N3O2S. The molecule has 0 fully saturated rings. The molecule has 2 aromatic rings. The van der Waals surface area contributed by atoms with Crippen molar-refractivity contribution < 1.29 is 9.53 Å². The lowest BCUT2D eigenvalue weighted by Gasteiger charge is -2.15. The van der Waals surface area contributed by atoms with Gasteiger partial charge in [-0.05, 0) is 24.6 Å². The molecule has 1 aromatic carbocycles. The molecule has 0 radical (unpaired) electrons. The molecule has 3 rings (SSSR count). The molecule has 1 aliphatic rings. The van der Waals surface area contributed by atoms with Crippen molar-refractivity contribution in [2.24, 2.45) is 0 Å². The van der Waals surface area contributed by atoms with Gasteiger partial charge < -0.3 is 10.1 Å². The molecular weight excluding hydrogens is 274 g/mol. The molecule has 104 valence electrons. The number of amides is 1. The summed E-state index contributed by atoms with van der Waals surface area (Å²) in [6, 6.07) is 7.93. The third kappa shape index (κ3) is 2.27. The fourth-order valence-corrected chi connectivity index (χ4v) is 3.50. The molecule has 5 nitrogen and oxygen atoms in total. The number of rotatable bonds is 2. The summed E-state index contributed by atoms with van der Waals surface area (Å²) >= 11 is 1.61. The van der Waals surface area contributed by atoms with E-state index in [4.69, 9.17) is 4.74 Å². The molecule has 1 unspecified atom stereocenters. The number of thioether (sulfide) groups is 1. The van der Waals surface area contributed by atoms with Crippen molar-refractivity contribution in [2.75, 3.05) is 18.2 Å². The van der Waals surface area contributed by atoms with Crippen molar-refractivity contribution in [3.8, 4) is 5.75 Å². The zero-order valence-electron chi connectivity index (χ0n) is 11.3. The molecule has 0 saturated heterocycles. The zero-order chi connectivity index (χ0) is 14.1. The SMILES string of the molecule is COc1ccc(C2SCC(=O)Nc3n[nH]c(C)c32)cc1. The van der Waals surface area contributed by atoms with Crippen LogP contribution in [0.25, 0.3) is 0 Å². The largest absolute Gasteiger partial charge is 0.497 e. The number of methoxy groups -OCH3 is 1. The Hall–Kier alpha value is -1.95. The summed E-state index contributed by atoms with van der Waals surface area (Å²) in [5, 5.41) is 10.1. The fourth-order valence-electron chi connectivity index (χ4n) is 2.31. The summed E-state index contributed by atoms with van der Waals surface area (Å²) in [6.07, 6.45) is 0. The first-order valence-electron chi connectivity index (χ1n) is 6.29. The highest BCUT2D eigenvalue weighted by atomic mass is 32.2. The minimum Gasteiger partial charge on any atom is -0.497 e. The second-order valence-electron chi connectivity index (χ2n) is 4.62. The third-order valence-electron chi connectivity index (χ3n) is 3.31. The number of nitrogens with zero attached hydrogens (tertiary/aromatic N) is 1. The number of aromatic amines is 1. The van der Waals surface area contributed by atoms with Crippen LogP contribution in [-0.4, -0.2) is 29.0 Å². The Morgan fingerprint density at radius 1 is 1.35 bits per heavy atom. The van der Waals surface area contributed by atoms with Crippen molar-refractivity contribution in [1.29, 1.82) is 0 Å². The number of anilines is 1. The number of nitrogens with one attached hydrogen (secondary N) is 2. The summed E-state index contributed by atoms with van der Waals surface area (Å²) in [4.78, 5) is 11.7. The molecule has 0 bridgehead atoms. The van der Waals surface area contributed by atoms with Crippen molar-refractivity contribution >= 4 is 23.5 Å². The maximum atomic E-state index is 11.7. The molecule has 20 heavy (non-hydrogen) atoms. The van der Waals surface area contributed by atoms with Gasteiger partial charge in [0.15, 0.2) is 5.82 Å². The highest BCUT2D eigenvalue weighted by Crippen LogP contribution is 2.42. The number of carbonyl (C=O) groups excluding carboxylic acids is 1. The Morgan fingerprint density at radius 2 is 2.10 bits per heavy atom. The Balaban J connectivity index is 2.03. The van der Waals surface area contributed by atoms with Crippen LogP contribution in [0, 0.1) is 6.92 Å². The number of benzene rings is 1. The summed E-state index contributed by atoms with van der Waals surface area (Å²) in [5.74, 6) is 1.87. The van der Waals surface area contributed by atoms with Crippen LogP contribution in [0.15, 0.2) is 24.3 Å². The van der Waals surface area contributed by atoms with E-state index in [1.165, 1.54) is 0 Å². The van der Waals surface area contributed by atoms with Gasteiger partial charge in [-0.1, -0.05) is 12.1 Å². The predicted octanol–water partition coefficient (Wildman–Crippen LogP) is 2.50. The van der Waals surface area contributed by atoms with Crippen LogP contribution in [0.3, 0.4) is 0 Å². The maximum Gasteiger partial charge on any atom is 0.235 e. The molecule has 6 heteroatoms. The maximum absolute atomic E-state index is 11.7. The average molecular weight is 289 g/mol. The van der Waals surface area contributed by atoms with Gasteiger partial charge in [-0.3, -0.25) is 9.89 Å². The van der Waals surface area contributed by atoms with Gasteiger partial charge in [0.05, 0.1) is 18.1 Å². The van der Waals surface area contributed by atoms with Crippen LogP contribution in [-0.2, 0) is 4.79 Å². The molecule has 0 spiro atoms. The smallest absolute Gasteiger partial charge is 0.235 e. The molecule has 2 heterocycles. The van der Waals surface area contributed by atoms with E-state index in [0.717, 1.165) is 22.6 Å². The average Bonchev–Trinajstić information content (AvgIpc) is 2.72. The fraction of sp³-hybridized carbons (Fsp3) is 0.286. The summed E-state index contributed by atoms with van der Waals surface area (Å²) < 4.78 is 5.18. The minimum atomic E-state index is -0.0150. The Labute approximate surface area is 121 Å². The predicted molar refractivity (Wildman–Crippen MR) is 79.2 cm³/mol. The van der Waals surface area contributed by atoms with Crippen molar-refractivity contribution in [2.45, 2.75) is 12.2 Å². The number of fused-ring (bicyclic) bond motifs is 1. The molecule has 1 aromatic heterocycles. The van der Waals surface area contributed by atoms with Gasteiger partial charge in [0, 0.05) is 11.3 Å². The lowest BCUT2D eigenvalue weighted by molar-refractivity contribution is -0.113. The summed E-state index contributed by atoms with van der Waals surface area (Å²) in [6.45, 7) is 1.97. The molecule has 1 amide bonds. The number of H-pyrrole nitrogens is 1. The van der Waals surface area contributed by atoms with Gasteiger partial charge in [-0.15, -0.1) is 11.8 Å². The van der Waals surface area contributed by atoms with Crippen LogP contribution in [0.5, 0.6) is 5.75 Å². The van der Waals surface area contributed by atoms with Crippen molar-refractivity contribution in [3.05, 3.63) is 41.1 Å². The van der Waals surface area contributed by atoms with E-state index in [-0.39, 0.29) is 11.2 Å². The second kappa shape index (κ2) is 5.20. The van der Waals surface area contributed by atoms with E-state index < -0.39 is 0 Å². The molecule has 1 atom stereocenters. The van der Waals surface area contributed by atoms with Gasteiger partial charge >= 0.3 is 0 Å². The van der Waals surface area contributed by atoms with Crippen LogP contribution in [0.1, 0.15) is 22.1 Å². The summed E-state index contributed by atoms with van der Waals surface area (Å²) in [7, 11) is 1.65. The topological polar surface area (TPSA) is 67.0 Å².